The zero-order valence-corrected chi connectivity index (χ0v) is 14.2. The Kier molecular flexibility index (Phi) is 5.48. The Balaban J connectivity index is 1.62. The maximum Gasteiger partial charge on any atom is 0.130 e. The zero-order valence-electron chi connectivity index (χ0n) is 14.2. The van der Waals surface area contributed by atoms with Crippen molar-refractivity contribution in [3.63, 3.8) is 0 Å². The van der Waals surface area contributed by atoms with Gasteiger partial charge in [-0.05, 0) is 31.0 Å². The summed E-state index contributed by atoms with van der Waals surface area (Å²) in [5, 5.41) is 13.3. The Morgan fingerprint density at radius 2 is 2.08 bits per heavy atom. The van der Waals surface area contributed by atoms with Crippen molar-refractivity contribution in [3.8, 4) is 5.75 Å². The number of ether oxygens (including phenoxy) is 1. The Morgan fingerprint density at radius 3 is 2.88 bits per heavy atom. The van der Waals surface area contributed by atoms with Gasteiger partial charge in [-0.15, -0.1) is 0 Å². The molecule has 4 nitrogen and oxygen atoms in total. The van der Waals surface area contributed by atoms with E-state index in [9.17, 15) is 5.11 Å². The predicted molar refractivity (Wildman–Crippen MR) is 94.7 cm³/mol. The third kappa shape index (κ3) is 3.94. The smallest absolute Gasteiger partial charge is 0.130 e. The molecular weight excluding hydrogens is 300 g/mol. The highest BCUT2D eigenvalue weighted by Gasteiger charge is 2.37. The number of aliphatic hydroxyl groups excluding tert-OH is 1. The molecule has 2 aromatic rings. The first kappa shape index (κ1) is 16.9. The molecule has 0 amide bonds. The molecular formula is C20H26N2O2. The van der Waals surface area contributed by atoms with E-state index in [1.807, 2.05) is 36.4 Å². The lowest BCUT2D eigenvalue weighted by Gasteiger charge is -2.30. The fourth-order valence-electron chi connectivity index (χ4n) is 3.43. The summed E-state index contributed by atoms with van der Waals surface area (Å²) in [4.78, 5) is 4.29. The van der Waals surface area contributed by atoms with Crippen molar-refractivity contribution in [2.75, 3.05) is 6.61 Å². The topological polar surface area (TPSA) is 54.4 Å². The minimum atomic E-state index is -0.0102. The Bertz CT molecular complexity index is 647. The van der Waals surface area contributed by atoms with Gasteiger partial charge in [-0.25, -0.2) is 0 Å². The molecule has 1 aromatic heterocycles. The molecule has 0 aliphatic heterocycles. The fraction of sp³-hybridized carbons (Fsp3) is 0.450. The molecule has 2 atom stereocenters. The van der Waals surface area contributed by atoms with Crippen molar-refractivity contribution in [1.29, 1.82) is 0 Å². The number of aromatic nitrogens is 1. The molecule has 2 N–H and O–H groups in total. The second kappa shape index (κ2) is 7.77. The van der Waals surface area contributed by atoms with Gasteiger partial charge in [0.05, 0.1) is 5.69 Å². The van der Waals surface area contributed by atoms with Gasteiger partial charge in [0.15, 0.2) is 0 Å². The molecule has 24 heavy (non-hydrogen) atoms. The van der Waals surface area contributed by atoms with Crippen molar-refractivity contribution in [2.45, 2.75) is 45.4 Å². The first-order valence-corrected chi connectivity index (χ1v) is 8.66. The first-order chi connectivity index (χ1) is 11.7. The van der Waals surface area contributed by atoms with Crippen LogP contribution in [0.3, 0.4) is 0 Å². The maximum absolute atomic E-state index is 9.69. The minimum absolute atomic E-state index is 0.0102. The molecule has 0 spiro atoms. The number of hydrogen-bond donors (Lipinski definition) is 2. The van der Waals surface area contributed by atoms with E-state index in [4.69, 9.17) is 4.74 Å². The van der Waals surface area contributed by atoms with E-state index in [0.29, 0.717) is 12.6 Å². The molecule has 3 rings (SSSR count). The van der Waals surface area contributed by atoms with Crippen LogP contribution in [0.15, 0.2) is 48.7 Å². The SMILES string of the molecule is CC1(CO)CCCC1NCc1ccccc1OCc1ccccn1. The number of nitrogens with one attached hydrogen (secondary N) is 1. The number of para-hydroxylation sites is 1. The average molecular weight is 326 g/mol. The molecule has 1 aliphatic carbocycles. The molecule has 1 fully saturated rings. The van der Waals surface area contributed by atoms with E-state index in [1.54, 1.807) is 6.20 Å². The Morgan fingerprint density at radius 1 is 1.25 bits per heavy atom. The number of rotatable bonds is 7. The van der Waals surface area contributed by atoms with Crippen LogP contribution in [0.1, 0.15) is 37.4 Å². The first-order valence-electron chi connectivity index (χ1n) is 8.66. The average Bonchev–Trinajstić information content (AvgIpc) is 3.01. The van der Waals surface area contributed by atoms with Crippen molar-refractivity contribution in [2.24, 2.45) is 5.41 Å². The number of nitrogens with zero attached hydrogens (tertiary/aromatic N) is 1. The molecule has 4 heteroatoms. The molecule has 2 unspecified atom stereocenters. The van der Waals surface area contributed by atoms with Gasteiger partial charge in [-0.1, -0.05) is 37.6 Å². The monoisotopic (exact) mass is 326 g/mol. The highest BCUT2D eigenvalue weighted by Crippen LogP contribution is 2.37. The van der Waals surface area contributed by atoms with Gasteiger partial charge in [0.1, 0.15) is 12.4 Å². The number of hydrogen-bond acceptors (Lipinski definition) is 4. The van der Waals surface area contributed by atoms with Crippen molar-refractivity contribution in [3.05, 3.63) is 59.9 Å². The minimum Gasteiger partial charge on any atom is -0.487 e. The van der Waals surface area contributed by atoms with Gasteiger partial charge in [-0.2, -0.15) is 0 Å². The van der Waals surface area contributed by atoms with Gasteiger partial charge in [-0.3, -0.25) is 4.98 Å². The van der Waals surface area contributed by atoms with E-state index >= 15 is 0 Å². The quantitative estimate of drug-likeness (QED) is 0.820. The van der Waals surface area contributed by atoms with Crippen LogP contribution in [0.2, 0.25) is 0 Å². The molecule has 1 saturated carbocycles. The third-order valence-corrected chi connectivity index (χ3v) is 5.06. The van der Waals surface area contributed by atoms with Crippen LogP contribution in [-0.2, 0) is 13.2 Å². The van der Waals surface area contributed by atoms with Gasteiger partial charge in [0, 0.05) is 36.4 Å². The lowest BCUT2D eigenvalue weighted by Crippen LogP contribution is -2.41. The van der Waals surface area contributed by atoms with Crippen molar-refractivity contribution >= 4 is 0 Å². The molecule has 0 saturated heterocycles. The highest BCUT2D eigenvalue weighted by molar-refractivity contribution is 5.33. The van der Waals surface area contributed by atoms with Crippen LogP contribution >= 0.6 is 0 Å². The summed E-state index contributed by atoms with van der Waals surface area (Å²) in [5.41, 5.74) is 2.05. The van der Waals surface area contributed by atoms with Crippen LogP contribution in [0.25, 0.3) is 0 Å². The molecule has 1 aromatic carbocycles. The standard InChI is InChI=1S/C20H26N2O2/c1-20(15-23)11-6-10-19(20)22-13-16-7-2-3-9-18(16)24-14-17-8-4-5-12-21-17/h2-5,7-9,12,19,22-23H,6,10-11,13-15H2,1H3. The van der Waals surface area contributed by atoms with Crippen molar-refractivity contribution < 1.29 is 9.84 Å². The zero-order chi connectivity index (χ0) is 16.8. The summed E-state index contributed by atoms with van der Waals surface area (Å²) in [5.74, 6) is 0.888. The van der Waals surface area contributed by atoms with Gasteiger partial charge in [0.25, 0.3) is 0 Å². The summed E-state index contributed by atoms with van der Waals surface area (Å²) in [6, 6.07) is 14.3. The van der Waals surface area contributed by atoms with Gasteiger partial charge in [0.2, 0.25) is 0 Å². The number of aliphatic hydroxyl groups is 1. The third-order valence-electron chi connectivity index (χ3n) is 5.06. The largest absolute Gasteiger partial charge is 0.487 e. The van der Waals surface area contributed by atoms with Crippen LogP contribution < -0.4 is 10.1 Å². The van der Waals surface area contributed by atoms with E-state index in [0.717, 1.165) is 36.4 Å². The van der Waals surface area contributed by atoms with Crippen LogP contribution in [0.4, 0.5) is 0 Å². The second-order valence-electron chi connectivity index (χ2n) is 6.86. The number of benzene rings is 1. The summed E-state index contributed by atoms with van der Waals surface area (Å²) in [7, 11) is 0. The molecule has 0 radical (unpaired) electrons. The van der Waals surface area contributed by atoms with Crippen molar-refractivity contribution in [1.82, 2.24) is 10.3 Å². The normalized spacial score (nSPS) is 23.3. The lowest BCUT2D eigenvalue weighted by molar-refractivity contribution is 0.118. The van der Waals surface area contributed by atoms with E-state index < -0.39 is 0 Å². The summed E-state index contributed by atoms with van der Waals surface area (Å²) < 4.78 is 5.96. The van der Waals surface area contributed by atoms with Crippen LogP contribution in [0, 0.1) is 5.41 Å². The predicted octanol–water partition coefficient (Wildman–Crippen LogP) is 3.30. The molecule has 1 heterocycles. The Hall–Kier alpha value is -1.91. The van der Waals surface area contributed by atoms with Gasteiger partial charge < -0.3 is 15.2 Å². The maximum atomic E-state index is 9.69. The van der Waals surface area contributed by atoms with Crippen LogP contribution in [-0.4, -0.2) is 22.7 Å². The summed E-state index contributed by atoms with van der Waals surface area (Å²) in [6.45, 7) is 3.62. The van der Waals surface area contributed by atoms with Gasteiger partial charge >= 0.3 is 0 Å². The second-order valence-corrected chi connectivity index (χ2v) is 6.86. The summed E-state index contributed by atoms with van der Waals surface area (Å²) >= 11 is 0. The fourth-order valence-corrected chi connectivity index (χ4v) is 3.43. The lowest BCUT2D eigenvalue weighted by atomic mass is 9.85. The molecule has 1 aliphatic rings. The Labute approximate surface area is 143 Å². The molecule has 128 valence electrons. The molecule has 0 bridgehead atoms. The van der Waals surface area contributed by atoms with E-state index in [-0.39, 0.29) is 12.0 Å². The summed E-state index contributed by atoms with van der Waals surface area (Å²) in [6.07, 6.45) is 5.15. The van der Waals surface area contributed by atoms with Crippen LogP contribution in [0.5, 0.6) is 5.75 Å². The highest BCUT2D eigenvalue weighted by atomic mass is 16.5. The van der Waals surface area contributed by atoms with E-state index in [1.165, 1.54) is 6.42 Å². The number of pyridine rings is 1. The van der Waals surface area contributed by atoms with E-state index in [2.05, 4.69) is 23.3 Å².